The molecule has 0 aromatic heterocycles. The highest BCUT2D eigenvalue weighted by Gasteiger charge is 2.29. The van der Waals surface area contributed by atoms with Crippen molar-refractivity contribution in [1.29, 1.82) is 0 Å². The maximum Gasteiger partial charge on any atom is 0.269 e. The van der Waals surface area contributed by atoms with E-state index >= 15 is 0 Å². The fraction of sp³-hybridized carbons (Fsp3) is 0.278. The monoisotopic (exact) mass is 395 g/mol. The summed E-state index contributed by atoms with van der Waals surface area (Å²) in [5.41, 5.74) is 5.38. The number of nitrogens with zero attached hydrogens (tertiary/aromatic N) is 1. The number of carbonyl (C=O) groups is 1. The Morgan fingerprint density at radius 2 is 1.63 bits per heavy atom. The van der Waals surface area contributed by atoms with E-state index in [4.69, 9.17) is 0 Å². The summed E-state index contributed by atoms with van der Waals surface area (Å²) in [5, 5.41) is 0. The van der Waals surface area contributed by atoms with Crippen molar-refractivity contribution < 1.29 is 22.0 Å². The van der Waals surface area contributed by atoms with Gasteiger partial charge in [0.2, 0.25) is 10.0 Å². The Morgan fingerprint density at radius 1 is 0.963 bits per heavy atom. The molecule has 0 radical (unpaired) electrons. The number of benzene rings is 2. The fourth-order valence-corrected chi connectivity index (χ4v) is 4.43. The van der Waals surface area contributed by atoms with Gasteiger partial charge in [0, 0.05) is 18.7 Å². The number of hydrogen-bond donors (Lipinski definition) is 2. The Morgan fingerprint density at radius 3 is 2.30 bits per heavy atom. The zero-order valence-electron chi connectivity index (χ0n) is 14.4. The smallest absolute Gasteiger partial charge is 0.269 e. The van der Waals surface area contributed by atoms with Crippen molar-refractivity contribution in [2.24, 2.45) is 0 Å². The summed E-state index contributed by atoms with van der Waals surface area (Å²) >= 11 is 0. The molecule has 1 heterocycles. The SMILES string of the molecule is O=C(NNc1ccc(F)cc1)c1ccc(F)c(S(=O)(=O)N2CCCCC2)c1. The third-order valence-electron chi connectivity index (χ3n) is 4.29. The molecule has 0 bridgehead atoms. The molecule has 2 N–H and O–H groups in total. The predicted octanol–water partition coefficient (Wildman–Crippen LogP) is 2.90. The maximum atomic E-state index is 14.2. The van der Waals surface area contributed by atoms with Crippen LogP contribution in [-0.4, -0.2) is 31.7 Å². The lowest BCUT2D eigenvalue weighted by molar-refractivity contribution is 0.0962. The third-order valence-corrected chi connectivity index (χ3v) is 6.20. The summed E-state index contributed by atoms with van der Waals surface area (Å²) in [4.78, 5) is 11.8. The number of nitrogens with one attached hydrogen (secondary N) is 2. The third kappa shape index (κ3) is 4.42. The Bertz CT molecular complexity index is 927. The van der Waals surface area contributed by atoms with Crippen molar-refractivity contribution in [3.63, 3.8) is 0 Å². The molecule has 2 aromatic rings. The molecule has 1 saturated heterocycles. The average molecular weight is 395 g/mol. The molecule has 0 spiro atoms. The summed E-state index contributed by atoms with van der Waals surface area (Å²) in [6.07, 6.45) is 2.39. The van der Waals surface area contributed by atoms with Gasteiger partial charge in [-0.2, -0.15) is 4.31 Å². The predicted molar refractivity (Wildman–Crippen MR) is 96.5 cm³/mol. The number of sulfonamides is 1. The van der Waals surface area contributed by atoms with Gasteiger partial charge in [0.15, 0.2) is 0 Å². The quantitative estimate of drug-likeness (QED) is 0.763. The summed E-state index contributed by atoms with van der Waals surface area (Å²) in [5.74, 6) is -1.96. The van der Waals surface area contributed by atoms with Gasteiger partial charge < -0.3 is 0 Å². The number of rotatable bonds is 5. The molecule has 3 rings (SSSR count). The number of anilines is 1. The average Bonchev–Trinajstić information content (AvgIpc) is 2.68. The van der Waals surface area contributed by atoms with E-state index in [0.717, 1.165) is 31.4 Å². The van der Waals surface area contributed by atoms with Gasteiger partial charge in [-0.05, 0) is 55.3 Å². The van der Waals surface area contributed by atoms with Crippen molar-refractivity contribution in [2.75, 3.05) is 18.5 Å². The molecule has 2 aromatic carbocycles. The van der Waals surface area contributed by atoms with Gasteiger partial charge in [-0.15, -0.1) is 0 Å². The van der Waals surface area contributed by atoms with Crippen LogP contribution in [0.15, 0.2) is 47.4 Å². The minimum Gasteiger partial charge on any atom is -0.298 e. The van der Waals surface area contributed by atoms with E-state index in [9.17, 15) is 22.0 Å². The molecule has 1 aliphatic heterocycles. The Kier molecular flexibility index (Phi) is 5.71. The van der Waals surface area contributed by atoms with Gasteiger partial charge in [0.1, 0.15) is 16.5 Å². The van der Waals surface area contributed by atoms with Crippen LogP contribution in [0, 0.1) is 11.6 Å². The standard InChI is InChI=1S/C18H19F2N3O3S/c19-14-5-7-15(8-6-14)21-22-18(24)13-4-9-16(20)17(12-13)27(25,26)23-10-2-1-3-11-23/h4-9,12,21H,1-3,10-11H2,(H,22,24). The number of amides is 1. The van der Waals surface area contributed by atoms with Crippen LogP contribution in [0.1, 0.15) is 29.6 Å². The van der Waals surface area contributed by atoms with Gasteiger partial charge in [0.25, 0.3) is 5.91 Å². The molecule has 0 unspecified atom stereocenters. The minimum atomic E-state index is -4.00. The first-order chi connectivity index (χ1) is 12.9. The van der Waals surface area contributed by atoms with Crippen molar-refractivity contribution in [2.45, 2.75) is 24.2 Å². The van der Waals surface area contributed by atoms with Crippen molar-refractivity contribution in [3.8, 4) is 0 Å². The normalized spacial score (nSPS) is 15.3. The molecule has 144 valence electrons. The first-order valence-electron chi connectivity index (χ1n) is 8.49. The van der Waals surface area contributed by atoms with Crippen LogP contribution in [0.2, 0.25) is 0 Å². The number of carbonyl (C=O) groups excluding carboxylic acids is 1. The second-order valence-corrected chi connectivity index (χ2v) is 8.10. The van der Waals surface area contributed by atoms with E-state index in [-0.39, 0.29) is 5.56 Å². The molecule has 0 atom stereocenters. The highest BCUT2D eigenvalue weighted by molar-refractivity contribution is 7.89. The first kappa shape index (κ1) is 19.2. The topological polar surface area (TPSA) is 78.5 Å². The Hall–Kier alpha value is -2.52. The van der Waals surface area contributed by atoms with E-state index in [2.05, 4.69) is 10.9 Å². The molecular formula is C18H19F2N3O3S. The van der Waals surface area contributed by atoms with E-state index in [0.29, 0.717) is 18.8 Å². The first-order valence-corrected chi connectivity index (χ1v) is 9.93. The zero-order chi connectivity index (χ0) is 19.4. The van der Waals surface area contributed by atoms with Gasteiger partial charge in [-0.25, -0.2) is 17.2 Å². The van der Waals surface area contributed by atoms with Crippen LogP contribution in [0.5, 0.6) is 0 Å². The van der Waals surface area contributed by atoms with Crippen LogP contribution in [0.25, 0.3) is 0 Å². The maximum absolute atomic E-state index is 14.2. The Balaban J connectivity index is 1.77. The number of hydrogen-bond acceptors (Lipinski definition) is 4. The van der Waals surface area contributed by atoms with Gasteiger partial charge >= 0.3 is 0 Å². The molecule has 27 heavy (non-hydrogen) atoms. The number of hydrazine groups is 1. The fourth-order valence-electron chi connectivity index (χ4n) is 2.82. The number of piperidine rings is 1. The van der Waals surface area contributed by atoms with E-state index < -0.39 is 32.5 Å². The van der Waals surface area contributed by atoms with Gasteiger partial charge in [-0.1, -0.05) is 6.42 Å². The van der Waals surface area contributed by atoms with E-state index in [1.807, 2.05) is 0 Å². The highest BCUT2D eigenvalue weighted by atomic mass is 32.2. The molecule has 0 aliphatic carbocycles. The second kappa shape index (κ2) is 8.01. The lowest BCUT2D eigenvalue weighted by atomic mass is 10.2. The van der Waals surface area contributed by atoms with E-state index in [1.54, 1.807) is 0 Å². The van der Waals surface area contributed by atoms with Crippen molar-refractivity contribution in [3.05, 3.63) is 59.7 Å². The van der Waals surface area contributed by atoms with Crippen LogP contribution < -0.4 is 10.9 Å². The molecule has 1 aliphatic rings. The minimum absolute atomic E-state index is 0.0124. The lowest BCUT2D eigenvalue weighted by Gasteiger charge is -2.26. The van der Waals surface area contributed by atoms with Gasteiger partial charge in [0.05, 0.1) is 5.69 Å². The second-order valence-electron chi connectivity index (χ2n) is 6.20. The molecular weight excluding hydrogens is 376 g/mol. The van der Waals surface area contributed by atoms with Crippen LogP contribution in [0.4, 0.5) is 14.5 Å². The summed E-state index contributed by atoms with van der Waals surface area (Å²) in [6.45, 7) is 0.675. The Labute approximate surface area is 156 Å². The highest BCUT2D eigenvalue weighted by Crippen LogP contribution is 2.24. The number of halogens is 2. The van der Waals surface area contributed by atoms with Crippen molar-refractivity contribution in [1.82, 2.24) is 9.73 Å². The van der Waals surface area contributed by atoms with Crippen molar-refractivity contribution >= 4 is 21.6 Å². The molecule has 0 saturated carbocycles. The summed E-state index contributed by atoms with van der Waals surface area (Å²) < 4.78 is 53.7. The summed E-state index contributed by atoms with van der Waals surface area (Å²) in [6, 6.07) is 8.47. The van der Waals surface area contributed by atoms with Crippen LogP contribution in [-0.2, 0) is 10.0 Å². The molecule has 1 amide bonds. The zero-order valence-corrected chi connectivity index (χ0v) is 15.2. The summed E-state index contributed by atoms with van der Waals surface area (Å²) in [7, 11) is -4.00. The van der Waals surface area contributed by atoms with Crippen LogP contribution >= 0.6 is 0 Å². The molecule has 6 nitrogen and oxygen atoms in total. The molecule has 9 heteroatoms. The largest absolute Gasteiger partial charge is 0.298 e. The van der Waals surface area contributed by atoms with Gasteiger partial charge in [-0.3, -0.25) is 15.6 Å². The molecule has 1 fully saturated rings. The van der Waals surface area contributed by atoms with E-state index in [1.165, 1.54) is 34.6 Å². The van der Waals surface area contributed by atoms with Crippen LogP contribution in [0.3, 0.4) is 0 Å². The lowest BCUT2D eigenvalue weighted by Crippen LogP contribution is -2.36.